The third-order valence-corrected chi connectivity index (χ3v) is 4.41. The van der Waals surface area contributed by atoms with Crippen molar-refractivity contribution in [1.29, 1.82) is 0 Å². The van der Waals surface area contributed by atoms with Crippen molar-refractivity contribution in [3.63, 3.8) is 0 Å². The zero-order valence-electron chi connectivity index (χ0n) is 14.3. The number of oxazole rings is 1. The van der Waals surface area contributed by atoms with E-state index in [1.165, 1.54) is 0 Å². The molecule has 0 saturated carbocycles. The Bertz CT molecular complexity index is 681. The Morgan fingerprint density at radius 1 is 1.38 bits per heavy atom. The number of benzene rings is 1. The fraction of sp³-hybridized carbons (Fsp3) is 0.474. The molecule has 1 atom stereocenters. The molecule has 1 aliphatic rings. The van der Waals surface area contributed by atoms with Gasteiger partial charge in [0.25, 0.3) is 0 Å². The zero-order valence-corrected chi connectivity index (χ0v) is 14.3. The molecule has 3 rings (SSSR count). The van der Waals surface area contributed by atoms with Gasteiger partial charge in [-0.2, -0.15) is 0 Å². The van der Waals surface area contributed by atoms with Gasteiger partial charge in [0.05, 0.1) is 18.2 Å². The summed E-state index contributed by atoms with van der Waals surface area (Å²) in [6.45, 7) is 6.65. The number of likely N-dealkylation sites (tertiary alicyclic amines) is 1. The van der Waals surface area contributed by atoms with Crippen LogP contribution in [0.3, 0.4) is 0 Å². The van der Waals surface area contributed by atoms with E-state index in [2.05, 4.69) is 9.88 Å². The summed E-state index contributed by atoms with van der Waals surface area (Å²) >= 11 is 0. The number of rotatable bonds is 5. The third kappa shape index (κ3) is 3.85. The summed E-state index contributed by atoms with van der Waals surface area (Å²) in [5, 5.41) is 0. The number of esters is 1. The predicted molar refractivity (Wildman–Crippen MR) is 91.3 cm³/mol. The number of ether oxygens (including phenoxy) is 1. The molecule has 1 aliphatic heterocycles. The first kappa shape index (κ1) is 16.7. The van der Waals surface area contributed by atoms with Crippen molar-refractivity contribution in [1.82, 2.24) is 9.88 Å². The Morgan fingerprint density at radius 2 is 2.17 bits per heavy atom. The second kappa shape index (κ2) is 7.62. The van der Waals surface area contributed by atoms with Gasteiger partial charge in [-0.05, 0) is 45.4 Å². The molecule has 1 aromatic heterocycles. The Hall–Kier alpha value is -2.14. The van der Waals surface area contributed by atoms with E-state index in [-0.39, 0.29) is 11.9 Å². The fourth-order valence-corrected chi connectivity index (χ4v) is 3.14. The highest BCUT2D eigenvalue weighted by Gasteiger charge is 2.27. The molecule has 0 N–H and O–H groups in total. The molecule has 24 heavy (non-hydrogen) atoms. The van der Waals surface area contributed by atoms with Crippen LogP contribution in [0, 0.1) is 12.8 Å². The number of carbonyl (C=O) groups is 1. The van der Waals surface area contributed by atoms with Gasteiger partial charge in [0, 0.05) is 18.7 Å². The van der Waals surface area contributed by atoms with Crippen LogP contribution in [0.1, 0.15) is 31.2 Å². The molecular weight excluding hydrogens is 304 g/mol. The molecule has 5 heteroatoms. The lowest BCUT2D eigenvalue weighted by Crippen LogP contribution is -2.39. The SMILES string of the molecule is CCOC(=O)C1CCCN(Cc2nc(-c3ccccc3)oc2C)C1. The number of aromatic nitrogens is 1. The summed E-state index contributed by atoms with van der Waals surface area (Å²) in [7, 11) is 0. The van der Waals surface area contributed by atoms with Crippen molar-refractivity contribution < 1.29 is 13.9 Å². The first-order valence-corrected chi connectivity index (χ1v) is 8.58. The van der Waals surface area contributed by atoms with Gasteiger partial charge in [-0.25, -0.2) is 4.98 Å². The van der Waals surface area contributed by atoms with Crippen LogP contribution >= 0.6 is 0 Å². The molecule has 2 aromatic rings. The Kier molecular flexibility index (Phi) is 5.30. The molecule has 1 saturated heterocycles. The smallest absolute Gasteiger partial charge is 0.310 e. The lowest BCUT2D eigenvalue weighted by atomic mass is 9.98. The van der Waals surface area contributed by atoms with Gasteiger partial charge < -0.3 is 9.15 Å². The fourth-order valence-electron chi connectivity index (χ4n) is 3.14. The van der Waals surface area contributed by atoms with Crippen LogP contribution in [-0.2, 0) is 16.1 Å². The van der Waals surface area contributed by atoms with Crippen LogP contribution in [0.2, 0.25) is 0 Å². The van der Waals surface area contributed by atoms with Crippen LogP contribution in [0.4, 0.5) is 0 Å². The lowest BCUT2D eigenvalue weighted by Gasteiger charge is -2.30. The van der Waals surface area contributed by atoms with Gasteiger partial charge in [0.2, 0.25) is 5.89 Å². The predicted octanol–water partition coefficient (Wildman–Crippen LogP) is 3.43. The van der Waals surface area contributed by atoms with E-state index in [0.717, 1.165) is 42.9 Å². The van der Waals surface area contributed by atoms with E-state index in [4.69, 9.17) is 9.15 Å². The zero-order chi connectivity index (χ0) is 16.9. The second-order valence-corrected chi connectivity index (χ2v) is 6.21. The third-order valence-electron chi connectivity index (χ3n) is 4.41. The quantitative estimate of drug-likeness (QED) is 0.787. The maximum absolute atomic E-state index is 12.0. The van der Waals surface area contributed by atoms with Crippen molar-refractivity contribution >= 4 is 5.97 Å². The number of hydrogen-bond donors (Lipinski definition) is 0. The molecule has 2 heterocycles. The van der Waals surface area contributed by atoms with E-state index >= 15 is 0 Å². The molecule has 5 nitrogen and oxygen atoms in total. The van der Waals surface area contributed by atoms with Crippen LogP contribution < -0.4 is 0 Å². The van der Waals surface area contributed by atoms with Crippen molar-refractivity contribution in [2.24, 2.45) is 5.92 Å². The summed E-state index contributed by atoms with van der Waals surface area (Å²) < 4.78 is 11.0. The molecule has 0 aliphatic carbocycles. The number of nitrogens with zero attached hydrogens (tertiary/aromatic N) is 2. The summed E-state index contributed by atoms with van der Waals surface area (Å²) in [5.74, 6) is 1.39. The minimum absolute atomic E-state index is 0.0282. The standard InChI is InChI=1S/C19H24N2O3/c1-3-23-19(22)16-10-7-11-21(12-16)13-17-14(2)24-18(20-17)15-8-5-4-6-9-15/h4-6,8-9,16H,3,7,10-13H2,1-2H3. The summed E-state index contributed by atoms with van der Waals surface area (Å²) in [5.41, 5.74) is 1.92. The topological polar surface area (TPSA) is 55.6 Å². The Morgan fingerprint density at radius 3 is 2.92 bits per heavy atom. The van der Waals surface area contributed by atoms with Crippen LogP contribution in [0.25, 0.3) is 11.5 Å². The molecule has 1 fully saturated rings. The normalized spacial score (nSPS) is 18.5. The molecule has 0 bridgehead atoms. The highest BCUT2D eigenvalue weighted by Crippen LogP contribution is 2.24. The molecule has 128 valence electrons. The maximum Gasteiger partial charge on any atom is 0.310 e. The Labute approximate surface area is 142 Å². The maximum atomic E-state index is 12.0. The minimum atomic E-state index is -0.0796. The summed E-state index contributed by atoms with van der Waals surface area (Å²) in [6, 6.07) is 9.91. The molecule has 1 unspecified atom stereocenters. The van der Waals surface area contributed by atoms with E-state index in [1.807, 2.05) is 44.2 Å². The van der Waals surface area contributed by atoms with Gasteiger partial charge in [0.15, 0.2) is 0 Å². The van der Waals surface area contributed by atoms with E-state index in [9.17, 15) is 4.79 Å². The number of aryl methyl sites for hydroxylation is 1. The van der Waals surface area contributed by atoms with Crippen molar-refractivity contribution in [3.05, 3.63) is 41.8 Å². The molecular formula is C19H24N2O3. The van der Waals surface area contributed by atoms with Crippen LogP contribution in [0.15, 0.2) is 34.7 Å². The average Bonchev–Trinajstić information content (AvgIpc) is 2.97. The van der Waals surface area contributed by atoms with Crippen molar-refractivity contribution in [2.45, 2.75) is 33.2 Å². The van der Waals surface area contributed by atoms with Gasteiger partial charge in [-0.1, -0.05) is 18.2 Å². The number of hydrogen-bond acceptors (Lipinski definition) is 5. The highest BCUT2D eigenvalue weighted by molar-refractivity contribution is 5.72. The lowest BCUT2D eigenvalue weighted by molar-refractivity contribution is -0.150. The van der Waals surface area contributed by atoms with E-state index < -0.39 is 0 Å². The molecule has 0 spiro atoms. The summed E-state index contributed by atoms with van der Waals surface area (Å²) in [4.78, 5) is 18.9. The van der Waals surface area contributed by atoms with Crippen molar-refractivity contribution in [2.75, 3.05) is 19.7 Å². The summed E-state index contributed by atoms with van der Waals surface area (Å²) in [6.07, 6.45) is 1.91. The van der Waals surface area contributed by atoms with Crippen LogP contribution in [0.5, 0.6) is 0 Å². The van der Waals surface area contributed by atoms with Gasteiger partial charge in [-0.3, -0.25) is 9.69 Å². The molecule has 0 amide bonds. The first-order valence-electron chi connectivity index (χ1n) is 8.58. The van der Waals surface area contributed by atoms with Gasteiger partial charge in [0.1, 0.15) is 5.76 Å². The minimum Gasteiger partial charge on any atom is -0.466 e. The second-order valence-electron chi connectivity index (χ2n) is 6.21. The molecule has 1 aromatic carbocycles. The van der Waals surface area contributed by atoms with Crippen molar-refractivity contribution in [3.8, 4) is 11.5 Å². The first-order chi connectivity index (χ1) is 11.7. The van der Waals surface area contributed by atoms with Gasteiger partial charge in [-0.15, -0.1) is 0 Å². The highest BCUT2D eigenvalue weighted by atomic mass is 16.5. The van der Waals surface area contributed by atoms with E-state index in [0.29, 0.717) is 19.0 Å². The largest absolute Gasteiger partial charge is 0.466 e. The Balaban J connectivity index is 1.68. The van der Waals surface area contributed by atoms with E-state index in [1.54, 1.807) is 0 Å². The monoisotopic (exact) mass is 328 g/mol. The molecule has 0 radical (unpaired) electrons. The number of piperidine rings is 1. The van der Waals surface area contributed by atoms with Crippen LogP contribution in [-0.4, -0.2) is 35.5 Å². The average molecular weight is 328 g/mol. The van der Waals surface area contributed by atoms with Gasteiger partial charge >= 0.3 is 5.97 Å². The number of carbonyl (C=O) groups excluding carboxylic acids is 1.